The molecule has 22 heavy (non-hydrogen) atoms. The van der Waals surface area contributed by atoms with Crippen molar-refractivity contribution in [3.63, 3.8) is 0 Å². The maximum Gasteiger partial charge on any atom is 0.511 e. The highest BCUT2D eigenvalue weighted by atomic mass is 16.7. The van der Waals surface area contributed by atoms with Gasteiger partial charge in [-0.15, -0.1) is 0 Å². The van der Waals surface area contributed by atoms with Crippen molar-refractivity contribution in [3.05, 3.63) is 53.6 Å². The average molecular weight is 298 g/mol. The highest BCUT2D eigenvalue weighted by Gasteiger charge is 2.15. The highest BCUT2D eigenvalue weighted by Crippen LogP contribution is 2.34. The molecule has 0 atom stereocenters. The van der Waals surface area contributed by atoms with Crippen LogP contribution in [0.25, 0.3) is 11.1 Å². The van der Waals surface area contributed by atoms with Gasteiger partial charge >= 0.3 is 6.16 Å². The van der Waals surface area contributed by atoms with E-state index in [0.29, 0.717) is 5.75 Å². The zero-order valence-corrected chi connectivity index (χ0v) is 13.1. The Kier molecular flexibility index (Phi) is 5.59. The summed E-state index contributed by atoms with van der Waals surface area (Å²) in [5.41, 5.74) is 4.47. The van der Waals surface area contributed by atoms with Crippen LogP contribution >= 0.6 is 0 Å². The minimum atomic E-state index is -1.27. The van der Waals surface area contributed by atoms with E-state index in [1.807, 2.05) is 24.3 Å². The van der Waals surface area contributed by atoms with Gasteiger partial charge in [0.1, 0.15) is 5.75 Å². The van der Waals surface area contributed by atoms with E-state index in [2.05, 4.69) is 26.0 Å². The first-order valence-corrected chi connectivity index (χ1v) is 7.78. The fourth-order valence-corrected chi connectivity index (χ4v) is 2.71. The van der Waals surface area contributed by atoms with E-state index in [1.165, 1.54) is 5.56 Å². The summed E-state index contributed by atoms with van der Waals surface area (Å²) >= 11 is 0. The first kappa shape index (κ1) is 16.1. The monoisotopic (exact) mass is 298 g/mol. The quantitative estimate of drug-likeness (QED) is 0.580. The lowest BCUT2D eigenvalue weighted by atomic mass is 9.91. The average Bonchev–Trinajstić information content (AvgIpc) is 2.53. The van der Waals surface area contributed by atoms with Gasteiger partial charge in [0.2, 0.25) is 0 Å². The molecule has 0 unspecified atom stereocenters. The molecule has 0 aliphatic heterocycles. The molecule has 2 aromatic carbocycles. The van der Waals surface area contributed by atoms with E-state index < -0.39 is 6.16 Å². The highest BCUT2D eigenvalue weighted by molar-refractivity contribution is 5.74. The van der Waals surface area contributed by atoms with Gasteiger partial charge in [-0.2, -0.15) is 0 Å². The van der Waals surface area contributed by atoms with E-state index >= 15 is 0 Å². The molecule has 2 aromatic rings. The van der Waals surface area contributed by atoms with Crippen molar-refractivity contribution in [2.45, 2.75) is 39.5 Å². The molecule has 0 bridgehead atoms. The Hall–Kier alpha value is -2.29. The summed E-state index contributed by atoms with van der Waals surface area (Å²) in [6.07, 6.45) is 2.54. The second-order valence-electron chi connectivity index (χ2n) is 5.26. The van der Waals surface area contributed by atoms with Crippen LogP contribution in [0.4, 0.5) is 4.79 Å². The molecule has 0 radical (unpaired) electrons. The SMILES string of the molecule is CCCCc1c(OC(=O)O)cccc1-c1ccccc1CC. The van der Waals surface area contributed by atoms with Crippen molar-refractivity contribution >= 4 is 6.16 Å². The Balaban J connectivity index is 2.56. The fraction of sp³-hybridized carbons (Fsp3) is 0.316. The van der Waals surface area contributed by atoms with Crippen molar-refractivity contribution in [1.82, 2.24) is 0 Å². The van der Waals surface area contributed by atoms with Crippen LogP contribution in [-0.4, -0.2) is 11.3 Å². The van der Waals surface area contributed by atoms with Crippen molar-refractivity contribution in [3.8, 4) is 16.9 Å². The molecule has 0 aromatic heterocycles. The van der Waals surface area contributed by atoms with Crippen LogP contribution in [0.3, 0.4) is 0 Å². The first-order chi connectivity index (χ1) is 10.7. The molecule has 3 nitrogen and oxygen atoms in total. The number of carbonyl (C=O) groups is 1. The number of aryl methyl sites for hydroxylation is 1. The standard InChI is InChI=1S/C19H22O3/c1-3-5-10-17-16(12-8-13-18(17)22-19(20)21)15-11-7-6-9-14(15)4-2/h6-9,11-13H,3-5,10H2,1-2H3,(H,20,21). The van der Waals surface area contributed by atoms with Crippen molar-refractivity contribution in [2.24, 2.45) is 0 Å². The van der Waals surface area contributed by atoms with Gasteiger partial charge < -0.3 is 9.84 Å². The third kappa shape index (κ3) is 3.67. The Morgan fingerprint density at radius 2 is 1.77 bits per heavy atom. The number of hydrogen-bond acceptors (Lipinski definition) is 2. The number of carboxylic acid groups (broad SMARTS) is 1. The second-order valence-corrected chi connectivity index (χ2v) is 5.26. The van der Waals surface area contributed by atoms with Crippen LogP contribution in [0.2, 0.25) is 0 Å². The molecule has 1 N–H and O–H groups in total. The second kappa shape index (κ2) is 7.64. The molecule has 0 heterocycles. The third-order valence-electron chi connectivity index (χ3n) is 3.80. The van der Waals surface area contributed by atoms with E-state index in [4.69, 9.17) is 9.84 Å². The van der Waals surface area contributed by atoms with Crippen molar-refractivity contribution in [2.75, 3.05) is 0 Å². The predicted molar refractivity (Wildman–Crippen MR) is 88.5 cm³/mol. The molecule has 0 aliphatic carbocycles. The topological polar surface area (TPSA) is 46.5 Å². The number of unbranched alkanes of at least 4 members (excludes halogenated alkanes) is 1. The number of rotatable bonds is 6. The third-order valence-corrected chi connectivity index (χ3v) is 3.80. The number of benzene rings is 2. The smallest absolute Gasteiger partial charge is 0.449 e. The Morgan fingerprint density at radius 1 is 1.05 bits per heavy atom. The maximum absolute atomic E-state index is 10.9. The molecular weight excluding hydrogens is 276 g/mol. The van der Waals surface area contributed by atoms with E-state index in [1.54, 1.807) is 6.07 Å². The van der Waals surface area contributed by atoms with Gasteiger partial charge in [0, 0.05) is 5.56 Å². The van der Waals surface area contributed by atoms with Gasteiger partial charge in [-0.05, 0) is 42.0 Å². The fourth-order valence-electron chi connectivity index (χ4n) is 2.71. The molecule has 3 heteroatoms. The Bertz CT molecular complexity index is 647. The van der Waals surface area contributed by atoms with Gasteiger partial charge in [-0.1, -0.05) is 56.7 Å². The lowest BCUT2D eigenvalue weighted by Crippen LogP contribution is -2.06. The molecule has 2 rings (SSSR count). The van der Waals surface area contributed by atoms with Crippen molar-refractivity contribution < 1.29 is 14.6 Å². The molecule has 0 amide bonds. The summed E-state index contributed by atoms with van der Waals surface area (Å²) in [5.74, 6) is 0.448. The van der Waals surface area contributed by atoms with Crippen LogP contribution in [0.5, 0.6) is 5.75 Å². The lowest BCUT2D eigenvalue weighted by Gasteiger charge is -2.16. The minimum Gasteiger partial charge on any atom is -0.449 e. The summed E-state index contributed by atoms with van der Waals surface area (Å²) in [6, 6.07) is 13.9. The van der Waals surface area contributed by atoms with E-state index in [9.17, 15) is 4.79 Å². The summed E-state index contributed by atoms with van der Waals surface area (Å²) in [4.78, 5) is 10.9. The molecule has 0 spiro atoms. The molecule has 0 saturated carbocycles. The molecule has 116 valence electrons. The lowest BCUT2D eigenvalue weighted by molar-refractivity contribution is 0.144. The molecule has 0 fully saturated rings. The zero-order valence-electron chi connectivity index (χ0n) is 13.1. The van der Waals surface area contributed by atoms with Crippen molar-refractivity contribution in [1.29, 1.82) is 0 Å². The first-order valence-electron chi connectivity index (χ1n) is 7.78. The molecule has 0 aliphatic rings. The van der Waals surface area contributed by atoms with Crippen LogP contribution < -0.4 is 4.74 Å². The van der Waals surface area contributed by atoms with Gasteiger partial charge in [0.15, 0.2) is 0 Å². The largest absolute Gasteiger partial charge is 0.511 e. The van der Waals surface area contributed by atoms with Gasteiger partial charge in [0.05, 0.1) is 0 Å². The summed E-state index contributed by atoms with van der Waals surface area (Å²) in [6.45, 7) is 4.25. The number of ether oxygens (including phenoxy) is 1. The van der Waals surface area contributed by atoms with Crippen LogP contribution in [0, 0.1) is 0 Å². The molecular formula is C19H22O3. The summed E-state index contributed by atoms with van der Waals surface area (Å²) in [5, 5.41) is 8.96. The summed E-state index contributed by atoms with van der Waals surface area (Å²) < 4.78 is 4.99. The Labute approximate surface area is 131 Å². The maximum atomic E-state index is 10.9. The summed E-state index contributed by atoms with van der Waals surface area (Å²) in [7, 11) is 0. The van der Waals surface area contributed by atoms with E-state index in [0.717, 1.165) is 42.4 Å². The zero-order chi connectivity index (χ0) is 15.9. The van der Waals surface area contributed by atoms with Gasteiger partial charge in [-0.3, -0.25) is 0 Å². The van der Waals surface area contributed by atoms with Crippen LogP contribution in [-0.2, 0) is 12.8 Å². The predicted octanol–water partition coefficient (Wildman–Crippen LogP) is 5.32. The van der Waals surface area contributed by atoms with Crippen LogP contribution in [0.15, 0.2) is 42.5 Å². The van der Waals surface area contributed by atoms with E-state index in [-0.39, 0.29) is 0 Å². The van der Waals surface area contributed by atoms with Crippen LogP contribution in [0.1, 0.15) is 37.8 Å². The molecule has 0 saturated heterocycles. The van der Waals surface area contributed by atoms with Gasteiger partial charge in [0.25, 0.3) is 0 Å². The van der Waals surface area contributed by atoms with Gasteiger partial charge in [-0.25, -0.2) is 4.79 Å². The Morgan fingerprint density at radius 3 is 2.45 bits per heavy atom. The number of hydrogen-bond donors (Lipinski definition) is 1. The normalized spacial score (nSPS) is 10.5. The minimum absolute atomic E-state index is 0.448.